The Morgan fingerprint density at radius 1 is 0.755 bits per heavy atom. The molecule has 2 N–H and O–H groups in total. The Hall–Kier alpha value is -5.91. The summed E-state index contributed by atoms with van der Waals surface area (Å²) in [5.41, 5.74) is 3.86. The number of aromatic nitrogens is 2. The van der Waals surface area contributed by atoms with Crippen LogP contribution in [0.25, 0.3) is 33.3 Å². The lowest BCUT2D eigenvalue weighted by molar-refractivity contribution is -0.141. The second-order valence-corrected chi connectivity index (χ2v) is 13.0. The van der Waals surface area contributed by atoms with Gasteiger partial charge in [-0.25, -0.2) is 4.98 Å². The summed E-state index contributed by atoms with van der Waals surface area (Å²) in [6.45, 7) is -1.44. The van der Waals surface area contributed by atoms with Crippen LogP contribution in [-0.4, -0.2) is 34.1 Å². The van der Waals surface area contributed by atoms with E-state index in [2.05, 4.69) is 10.6 Å². The lowest BCUT2D eigenvalue weighted by Crippen LogP contribution is -2.47. The minimum Gasteiger partial charge on any atom is -0.346 e. The molecule has 5 aromatic carbocycles. The van der Waals surface area contributed by atoms with Gasteiger partial charge in [0.15, 0.2) is 0 Å². The van der Waals surface area contributed by atoms with Gasteiger partial charge >= 0.3 is 12.4 Å². The molecule has 6 nitrogen and oxygen atoms in total. The number of carbonyl (C=O) groups excluding carboxylic acids is 2. The molecular formula is C41H32F6N4O2. The fourth-order valence-corrected chi connectivity index (χ4v) is 7.31. The molecule has 270 valence electrons. The second-order valence-electron chi connectivity index (χ2n) is 13.0. The van der Waals surface area contributed by atoms with Crippen LogP contribution in [0.4, 0.5) is 32.0 Å². The minimum atomic E-state index is -4.57. The molecule has 1 aliphatic carbocycles. The van der Waals surface area contributed by atoms with Crippen LogP contribution in [-0.2, 0) is 29.9 Å². The summed E-state index contributed by atoms with van der Waals surface area (Å²) in [5, 5.41) is 5.05. The monoisotopic (exact) mass is 726 g/mol. The van der Waals surface area contributed by atoms with E-state index in [4.69, 9.17) is 4.98 Å². The zero-order chi connectivity index (χ0) is 37.5. The van der Waals surface area contributed by atoms with Crippen molar-refractivity contribution in [3.8, 4) is 22.3 Å². The van der Waals surface area contributed by atoms with E-state index >= 15 is 0 Å². The van der Waals surface area contributed by atoms with Crippen molar-refractivity contribution < 1.29 is 35.9 Å². The van der Waals surface area contributed by atoms with Crippen LogP contribution in [0.2, 0.25) is 0 Å². The van der Waals surface area contributed by atoms with Gasteiger partial charge < -0.3 is 15.2 Å². The summed E-state index contributed by atoms with van der Waals surface area (Å²) in [4.78, 5) is 32.1. The van der Waals surface area contributed by atoms with Crippen molar-refractivity contribution in [3.63, 3.8) is 0 Å². The van der Waals surface area contributed by atoms with E-state index in [0.29, 0.717) is 57.6 Å². The summed E-state index contributed by atoms with van der Waals surface area (Å²) in [7, 11) is 1.82. The van der Waals surface area contributed by atoms with Crippen LogP contribution in [0.3, 0.4) is 0 Å². The van der Waals surface area contributed by atoms with Crippen molar-refractivity contribution in [2.75, 3.05) is 11.9 Å². The molecule has 12 heteroatoms. The first-order chi connectivity index (χ1) is 25.3. The number of hydrogen-bond donors (Lipinski definition) is 2. The van der Waals surface area contributed by atoms with Gasteiger partial charge in [-0.2, -0.15) is 26.3 Å². The van der Waals surface area contributed by atoms with Gasteiger partial charge in [0.1, 0.15) is 17.8 Å². The van der Waals surface area contributed by atoms with Crippen LogP contribution >= 0.6 is 0 Å². The number of anilines is 1. The van der Waals surface area contributed by atoms with Gasteiger partial charge in [0.05, 0.1) is 16.6 Å². The average molecular weight is 727 g/mol. The summed E-state index contributed by atoms with van der Waals surface area (Å²) < 4.78 is 81.1. The summed E-state index contributed by atoms with van der Waals surface area (Å²) >= 11 is 0. The molecule has 0 unspecified atom stereocenters. The zero-order valence-corrected chi connectivity index (χ0v) is 28.3. The summed E-state index contributed by atoms with van der Waals surface area (Å²) in [6.07, 6.45) is -8.00. The molecular weight excluding hydrogens is 694 g/mol. The SMILES string of the molecule is Cn1c(CCCC2(C(=O)NCC(F)(F)F)c3ccccc3-c3ccccc32)nc2ccc(NC(=O)c3ccccc3-c3ccc(C(F)(F)F)cc3)cc21. The van der Waals surface area contributed by atoms with Crippen molar-refractivity contribution in [2.24, 2.45) is 7.05 Å². The number of nitrogens with zero attached hydrogens (tertiary/aromatic N) is 2. The van der Waals surface area contributed by atoms with Crippen molar-refractivity contribution in [1.29, 1.82) is 0 Å². The van der Waals surface area contributed by atoms with E-state index in [1.807, 2.05) is 35.9 Å². The molecule has 6 aromatic rings. The van der Waals surface area contributed by atoms with Crippen molar-refractivity contribution in [1.82, 2.24) is 14.9 Å². The highest BCUT2D eigenvalue weighted by Crippen LogP contribution is 2.51. The van der Waals surface area contributed by atoms with Gasteiger partial charge in [0.2, 0.25) is 5.91 Å². The highest BCUT2D eigenvalue weighted by atomic mass is 19.4. The third kappa shape index (κ3) is 6.76. The van der Waals surface area contributed by atoms with E-state index in [0.717, 1.165) is 23.3 Å². The predicted octanol–water partition coefficient (Wildman–Crippen LogP) is 9.48. The third-order valence-electron chi connectivity index (χ3n) is 9.78. The molecule has 0 bridgehead atoms. The van der Waals surface area contributed by atoms with E-state index in [9.17, 15) is 35.9 Å². The van der Waals surface area contributed by atoms with Gasteiger partial charge in [0, 0.05) is 24.7 Å². The third-order valence-corrected chi connectivity index (χ3v) is 9.78. The van der Waals surface area contributed by atoms with E-state index < -0.39 is 41.7 Å². The average Bonchev–Trinajstić information content (AvgIpc) is 3.61. The lowest BCUT2D eigenvalue weighted by Gasteiger charge is -2.31. The molecule has 1 heterocycles. The number of hydrogen-bond acceptors (Lipinski definition) is 3. The molecule has 0 fully saturated rings. The van der Waals surface area contributed by atoms with E-state index in [1.54, 1.807) is 66.7 Å². The van der Waals surface area contributed by atoms with Gasteiger partial charge in [-0.05, 0) is 82.6 Å². The Bertz CT molecular complexity index is 2300. The summed E-state index contributed by atoms with van der Waals surface area (Å²) in [6, 6.07) is 31.1. The smallest absolute Gasteiger partial charge is 0.346 e. The van der Waals surface area contributed by atoms with Gasteiger partial charge in [-0.1, -0.05) is 78.9 Å². The maximum absolute atomic E-state index is 13.9. The minimum absolute atomic E-state index is 0.230. The molecule has 0 spiro atoms. The Morgan fingerprint density at radius 2 is 1.36 bits per heavy atom. The van der Waals surface area contributed by atoms with Gasteiger partial charge in [0.25, 0.3) is 5.91 Å². The summed E-state index contributed by atoms with van der Waals surface area (Å²) in [5.74, 6) is -0.479. The highest BCUT2D eigenvalue weighted by Gasteiger charge is 2.49. The number of halogens is 6. The number of benzene rings is 5. The molecule has 53 heavy (non-hydrogen) atoms. The number of imidazole rings is 1. The first-order valence-electron chi connectivity index (χ1n) is 16.8. The predicted molar refractivity (Wildman–Crippen MR) is 190 cm³/mol. The Balaban J connectivity index is 1.12. The molecule has 0 saturated carbocycles. The Morgan fingerprint density at radius 3 is 1.98 bits per heavy atom. The fourth-order valence-electron chi connectivity index (χ4n) is 7.31. The zero-order valence-electron chi connectivity index (χ0n) is 28.3. The first-order valence-corrected chi connectivity index (χ1v) is 16.8. The standard InChI is InChI=1S/C41H32F6N4O2/c1-51-35-23-27(49-37(52)31-12-3-2-9-28(31)25-16-18-26(19-17-25)41(45,46)47)20-21-34(35)50-36(51)15-8-22-39(38(53)48-24-40(42,43)44)32-13-6-4-10-29(32)30-11-5-7-14-33(30)39/h2-7,9-14,16-21,23H,8,15,22,24H2,1H3,(H,48,53)(H,49,52). The Kier molecular flexibility index (Phi) is 9.09. The molecule has 1 aromatic heterocycles. The molecule has 0 atom stereocenters. The van der Waals surface area contributed by atoms with Gasteiger partial charge in [-0.3, -0.25) is 9.59 Å². The number of rotatable bonds is 9. The first kappa shape index (κ1) is 35.5. The Labute approximate surface area is 300 Å². The van der Waals surface area contributed by atoms with E-state index in [-0.39, 0.29) is 12.0 Å². The van der Waals surface area contributed by atoms with Crippen LogP contribution in [0.15, 0.2) is 115 Å². The number of carbonyl (C=O) groups is 2. The topological polar surface area (TPSA) is 76.0 Å². The van der Waals surface area contributed by atoms with Crippen molar-refractivity contribution >= 4 is 28.5 Å². The van der Waals surface area contributed by atoms with Gasteiger partial charge in [-0.15, -0.1) is 0 Å². The normalized spacial score (nSPS) is 13.4. The molecule has 7 rings (SSSR count). The maximum atomic E-state index is 13.9. The van der Waals surface area contributed by atoms with Crippen LogP contribution in [0.1, 0.15) is 45.7 Å². The molecule has 0 saturated heterocycles. The highest BCUT2D eigenvalue weighted by molar-refractivity contribution is 6.09. The van der Waals surface area contributed by atoms with E-state index in [1.165, 1.54) is 12.1 Å². The van der Waals surface area contributed by atoms with Crippen LogP contribution in [0, 0.1) is 0 Å². The second kappa shape index (κ2) is 13.6. The lowest BCUT2D eigenvalue weighted by atomic mass is 9.73. The fraction of sp³-hybridized carbons (Fsp3) is 0.195. The number of nitrogens with one attached hydrogen (secondary N) is 2. The largest absolute Gasteiger partial charge is 0.416 e. The van der Waals surface area contributed by atoms with Crippen molar-refractivity contribution in [3.05, 3.63) is 143 Å². The molecule has 0 radical (unpaired) electrons. The molecule has 2 amide bonds. The number of aryl methyl sites for hydroxylation is 2. The number of fused-ring (bicyclic) bond motifs is 4. The number of alkyl halides is 6. The maximum Gasteiger partial charge on any atom is 0.416 e. The number of amides is 2. The molecule has 1 aliphatic rings. The quantitative estimate of drug-likeness (QED) is 0.146. The van der Waals surface area contributed by atoms with Crippen LogP contribution < -0.4 is 10.6 Å². The van der Waals surface area contributed by atoms with Crippen LogP contribution in [0.5, 0.6) is 0 Å². The molecule has 0 aliphatic heterocycles. The van der Waals surface area contributed by atoms with Crippen molar-refractivity contribution in [2.45, 2.75) is 37.0 Å².